The van der Waals surface area contributed by atoms with Gasteiger partial charge in [0.05, 0.1) is 24.0 Å². The van der Waals surface area contributed by atoms with E-state index in [1.54, 1.807) is 31.3 Å². The van der Waals surface area contributed by atoms with Gasteiger partial charge in [-0.15, -0.1) is 0 Å². The lowest BCUT2D eigenvalue weighted by Crippen LogP contribution is -2.33. The van der Waals surface area contributed by atoms with Crippen molar-refractivity contribution in [3.63, 3.8) is 0 Å². The highest BCUT2D eigenvalue weighted by molar-refractivity contribution is 6.21. The van der Waals surface area contributed by atoms with Crippen LogP contribution in [0.3, 0.4) is 0 Å². The highest BCUT2D eigenvalue weighted by Gasteiger charge is 2.33. The molecule has 1 aromatic carbocycles. The van der Waals surface area contributed by atoms with Gasteiger partial charge in [-0.3, -0.25) is 14.7 Å². The van der Waals surface area contributed by atoms with Crippen LogP contribution >= 0.6 is 0 Å². The summed E-state index contributed by atoms with van der Waals surface area (Å²) in [5.74, 6) is -3.97. The summed E-state index contributed by atoms with van der Waals surface area (Å²) in [5.41, 5.74) is 0.690. The molecule has 20 heavy (non-hydrogen) atoms. The Kier molecular flexibility index (Phi) is 3.79. The lowest BCUT2D eigenvalue weighted by molar-refractivity contribution is -0.154. The van der Waals surface area contributed by atoms with Crippen LogP contribution in [0.25, 0.3) is 10.9 Å². The second-order valence-corrected chi connectivity index (χ2v) is 4.11. The van der Waals surface area contributed by atoms with E-state index in [-0.39, 0.29) is 12.3 Å². The molecule has 0 aliphatic rings. The summed E-state index contributed by atoms with van der Waals surface area (Å²) in [5, 5.41) is 24.5. The molecule has 1 heterocycles. The number of aromatic nitrogens is 2. The number of fused-ring (bicyclic) bond motifs is 1. The smallest absolute Gasteiger partial charge is 0.326 e. The second-order valence-electron chi connectivity index (χ2n) is 4.11. The zero-order valence-electron chi connectivity index (χ0n) is 10.7. The number of hydrogen-bond donors (Lipinski definition) is 3. The van der Waals surface area contributed by atoms with Gasteiger partial charge in [0.15, 0.2) is 5.92 Å². The Morgan fingerprint density at radius 3 is 2.90 bits per heavy atom. The molecule has 0 aliphatic carbocycles. The first-order chi connectivity index (χ1) is 9.54. The molecule has 0 radical (unpaired) electrons. The highest BCUT2D eigenvalue weighted by Crippen LogP contribution is 2.17. The third-order valence-corrected chi connectivity index (χ3v) is 2.81. The van der Waals surface area contributed by atoms with Gasteiger partial charge in [0.25, 0.3) is 0 Å². The van der Waals surface area contributed by atoms with Gasteiger partial charge in [0.1, 0.15) is 0 Å². The third-order valence-electron chi connectivity index (χ3n) is 2.81. The molecule has 0 aliphatic heterocycles. The van der Waals surface area contributed by atoms with Crippen molar-refractivity contribution in [2.45, 2.75) is 6.92 Å². The van der Waals surface area contributed by atoms with Crippen molar-refractivity contribution >= 4 is 28.6 Å². The van der Waals surface area contributed by atoms with E-state index < -0.39 is 17.9 Å². The minimum absolute atomic E-state index is 0.0650. The fraction of sp³-hybridized carbons (Fsp3) is 0.231. The average Bonchev–Trinajstić information content (AvgIpc) is 2.85. The van der Waals surface area contributed by atoms with Crippen LogP contribution in [-0.4, -0.2) is 39.6 Å². The monoisotopic (exact) mass is 275 g/mol. The molecule has 0 spiro atoms. The molecule has 2 aromatic rings. The normalized spacial score (nSPS) is 12.1. The van der Waals surface area contributed by atoms with E-state index in [4.69, 9.17) is 15.3 Å². The minimum Gasteiger partial charge on any atom is -0.480 e. The molecular weight excluding hydrogens is 262 g/mol. The molecule has 0 saturated carbocycles. The SMILES string of the molecule is CCOC(=O)C(C(=N)c1ccc2cn[nH]c2c1)C(=O)O. The van der Waals surface area contributed by atoms with Crippen molar-refractivity contribution in [3.8, 4) is 0 Å². The van der Waals surface area contributed by atoms with E-state index in [1.807, 2.05) is 0 Å². The predicted octanol–water partition coefficient (Wildman–Crippen LogP) is 1.19. The molecular formula is C13H13N3O4. The largest absolute Gasteiger partial charge is 0.480 e. The maximum atomic E-state index is 11.6. The van der Waals surface area contributed by atoms with Crippen molar-refractivity contribution in [3.05, 3.63) is 30.0 Å². The summed E-state index contributed by atoms with van der Waals surface area (Å²) in [6.45, 7) is 1.65. The Hall–Kier alpha value is -2.70. The zero-order chi connectivity index (χ0) is 14.7. The van der Waals surface area contributed by atoms with Crippen LogP contribution < -0.4 is 0 Å². The Morgan fingerprint density at radius 2 is 2.25 bits per heavy atom. The number of nitrogens with one attached hydrogen (secondary N) is 2. The summed E-state index contributed by atoms with van der Waals surface area (Å²) < 4.78 is 4.70. The van der Waals surface area contributed by atoms with Crippen LogP contribution in [0.5, 0.6) is 0 Å². The number of esters is 1. The summed E-state index contributed by atoms with van der Waals surface area (Å²) in [7, 11) is 0. The number of aromatic amines is 1. The Bertz CT molecular complexity index is 677. The van der Waals surface area contributed by atoms with Crippen LogP contribution in [-0.2, 0) is 14.3 Å². The van der Waals surface area contributed by atoms with E-state index in [9.17, 15) is 9.59 Å². The number of hydrogen-bond acceptors (Lipinski definition) is 5. The van der Waals surface area contributed by atoms with Crippen molar-refractivity contribution in [1.82, 2.24) is 10.2 Å². The van der Waals surface area contributed by atoms with Crippen LogP contribution in [0.15, 0.2) is 24.4 Å². The van der Waals surface area contributed by atoms with Gasteiger partial charge in [0.2, 0.25) is 0 Å². The molecule has 0 amide bonds. The van der Waals surface area contributed by atoms with Crippen LogP contribution in [0.2, 0.25) is 0 Å². The summed E-state index contributed by atoms with van der Waals surface area (Å²) >= 11 is 0. The number of benzene rings is 1. The van der Waals surface area contributed by atoms with Crippen LogP contribution in [0.1, 0.15) is 12.5 Å². The van der Waals surface area contributed by atoms with Gasteiger partial charge in [0, 0.05) is 5.39 Å². The fourth-order valence-corrected chi connectivity index (χ4v) is 1.84. The fourth-order valence-electron chi connectivity index (χ4n) is 1.84. The molecule has 104 valence electrons. The average molecular weight is 275 g/mol. The maximum absolute atomic E-state index is 11.6. The van der Waals surface area contributed by atoms with Gasteiger partial charge < -0.3 is 15.3 Å². The van der Waals surface area contributed by atoms with Crippen LogP contribution in [0, 0.1) is 11.3 Å². The third kappa shape index (κ3) is 2.51. The van der Waals surface area contributed by atoms with Gasteiger partial charge in [-0.2, -0.15) is 5.10 Å². The Balaban J connectivity index is 2.35. The summed E-state index contributed by atoms with van der Waals surface area (Å²) in [6, 6.07) is 4.86. The van der Waals surface area contributed by atoms with Crippen molar-refractivity contribution in [2.24, 2.45) is 5.92 Å². The standard InChI is InChI=1S/C13H13N3O4/c1-2-20-13(19)10(12(17)18)11(14)7-3-4-8-6-15-16-9(8)5-7/h3-6,10,14H,2H2,1H3,(H,15,16)(H,17,18). The molecule has 7 heteroatoms. The minimum atomic E-state index is -1.63. The number of rotatable bonds is 5. The number of nitrogens with zero attached hydrogens (tertiary/aromatic N) is 1. The molecule has 0 fully saturated rings. The Labute approximate surface area is 114 Å². The lowest BCUT2D eigenvalue weighted by Gasteiger charge is -2.12. The van der Waals surface area contributed by atoms with Gasteiger partial charge in [-0.25, -0.2) is 0 Å². The first-order valence-electron chi connectivity index (χ1n) is 5.96. The number of H-pyrrole nitrogens is 1. The first kappa shape index (κ1) is 13.7. The molecule has 3 N–H and O–H groups in total. The number of carbonyl (C=O) groups excluding carboxylic acids is 1. The van der Waals surface area contributed by atoms with E-state index in [0.717, 1.165) is 5.39 Å². The molecule has 1 atom stereocenters. The number of carbonyl (C=O) groups is 2. The summed E-state index contributed by atoms with van der Waals surface area (Å²) in [4.78, 5) is 22.8. The van der Waals surface area contributed by atoms with Gasteiger partial charge in [-0.05, 0) is 18.6 Å². The zero-order valence-corrected chi connectivity index (χ0v) is 10.7. The predicted molar refractivity (Wildman–Crippen MR) is 70.7 cm³/mol. The Morgan fingerprint density at radius 1 is 1.50 bits per heavy atom. The number of aliphatic carboxylic acids is 1. The maximum Gasteiger partial charge on any atom is 0.326 e. The molecule has 1 aromatic heterocycles. The molecule has 1 unspecified atom stereocenters. The number of carboxylic acids is 1. The van der Waals surface area contributed by atoms with Crippen molar-refractivity contribution in [1.29, 1.82) is 5.41 Å². The molecule has 2 rings (SSSR count). The quantitative estimate of drug-likeness (QED) is 0.430. The second kappa shape index (κ2) is 5.52. The van der Waals surface area contributed by atoms with E-state index in [0.29, 0.717) is 11.1 Å². The van der Waals surface area contributed by atoms with Crippen LogP contribution in [0.4, 0.5) is 0 Å². The molecule has 0 bridgehead atoms. The van der Waals surface area contributed by atoms with Gasteiger partial charge >= 0.3 is 11.9 Å². The van der Waals surface area contributed by atoms with E-state index in [1.165, 1.54) is 0 Å². The van der Waals surface area contributed by atoms with Crippen molar-refractivity contribution in [2.75, 3.05) is 6.61 Å². The first-order valence-corrected chi connectivity index (χ1v) is 5.96. The lowest BCUT2D eigenvalue weighted by atomic mass is 9.96. The van der Waals surface area contributed by atoms with Crippen molar-refractivity contribution < 1.29 is 19.4 Å². The van der Waals surface area contributed by atoms with E-state index >= 15 is 0 Å². The molecule has 0 saturated heterocycles. The van der Waals surface area contributed by atoms with Gasteiger partial charge in [-0.1, -0.05) is 12.1 Å². The summed E-state index contributed by atoms with van der Waals surface area (Å²) in [6.07, 6.45) is 1.61. The highest BCUT2D eigenvalue weighted by atomic mass is 16.5. The number of carboxylic acid groups (broad SMARTS) is 1. The number of ether oxygens (including phenoxy) is 1. The topological polar surface area (TPSA) is 116 Å². The van der Waals surface area contributed by atoms with E-state index in [2.05, 4.69) is 10.2 Å². The molecule has 7 nitrogen and oxygen atoms in total.